The summed E-state index contributed by atoms with van der Waals surface area (Å²) in [6.45, 7) is 6.88. The van der Waals surface area contributed by atoms with Crippen LogP contribution in [0, 0.1) is 0 Å². The Morgan fingerprint density at radius 1 is 1.33 bits per heavy atom. The average molecular weight is 147 g/mol. The highest BCUT2D eigenvalue weighted by atomic mass is 32.2. The molecule has 0 unspecified atom stereocenters. The molecular formula is C7H17NS. The zero-order valence-corrected chi connectivity index (χ0v) is 7.50. The molecule has 0 heterocycles. The van der Waals surface area contributed by atoms with E-state index in [4.69, 9.17) is 0 Å². The maximum absolute atomic E-state index is 2.45. The molecule has 0 saturated heterocycles. The molecule has 0 rings (SSSR count). The summed E-state index contributed by atoms with van der Waals surface area (Å²) in [4.78, 5) is 2.45. The lowest BCUT2D eigenvalue weighted by atomic mass is 10.4. The van der Waals surface area contributed by atoms with E-state index in [0.29, 0.717) is 0 Å². The van der Waals surface area contributed by atoms with Gasteiger partial charge in [-0.3, -0.25) is 4.90 Å². The summed E-state index contributed by atoms with van der Waals surface area (Å²) in [7, 11) is 0. The maximum atomic E-state index is 2.45. The van der Waals surface area contributed by atoms with E-state index in [9.17, 15) is 0 Å². The molecule has 0 saturated carbocycles. The van der Waals surface area contributed by atoms with Crippen LogP contribution in [0.3, 0.4) is 0 Å². The van der Waals surface area contributed by atoms with Crippen LogP contribution in [0.2, 0.25) is 0 Å². The van der Waals surface area contributed by atoms with E-state index < -0.39 is 0 Å². The van der Waals surface area contributed by atoms with E-state index in [1.165, 1.54) is 25.4 Å². The Kier molecular flexibility index (Phi) is 6.65. The second-order valence-electron chi connectivity index (χ2n) is 2.13. The molecule has 0 N–H and O–H groups in total. The summed E-state index contributed by atoms with van der Waals surface area (Å²) in [5.41, 5.74) is 0. The molecule has 0 aliphatic heterocycles. The standard InChI is InChI=1S/C7H17NS/c1-4-6-8(5-2)7-9-3/h4-7H2,1-3H3. The molecule has 0 amide bonds. The SMILES string of the molecule is CCCN(CC)CSC. The predicted octanol–water partition coefficient (Wildman–Crippen LogP) is 2.04. The van der Waals surface area contributed by atoms with Crippen molar-refractivity contribution in [3.05, 3.63) is 0 Å². The van der Waals surface area contributed by atoms with E-state index in [2.05, 4.69) is 25.0 Å². The van der Waals surface area contributed by atoms with Crippen molar-refractivity contribution in [2.24, 2.45) is 0 Å². The molecule has 56 valence electrons. The molecule has 0 aromatic carbocycles. The van der Waals surface area contributed by atoms with Crippen LogP contribution < -0.4 is 0 Å². The summed E-state index contributed by atoms with van der Waals surface area (Å²) >= 11 is 1.90. The lowest BCUT2D eigenvalue weighted by Crippen LogP contribution is -2.23. The van der Waals surface area contributed by atoms with Crippen molar-refractivity contribution in [3.8, 4) is 0 Å². The van der Waals surface area contributed by atoms with Crippen LogP contribution in [0.4, 0.5) is 0 Å². The molecule has 0 aliphatic carbocycles. The van der Waals surface area contributed by atoms with E-state index >= 15 is 0 Å². The van der Waals surface area contributed by atoms with Gasteiger partial charge >= 0.3 is 0 Å². The first kappa shape index (κ1) is 9.31. The number of thioether (sulfide) groups is 1. The van der Waals surface area contributed by atoms with Gasteiger partial charge in [0.1, 0.15) is 0 Å². The summed E-state index contributed by atoms with van der Waals surface area (Å²) in [5, 5.41) is 0. The Balaban J connectivity index is 3.18. The van der Waals surface area contributed by atoms with Gasteiger partial charge in [-0.25, -0.2) is 0 Å². The van der Waals surface area contributed by atoms with E-state index in [1.807, 2.05) is 11.8 Å². The molecule has 0 aromatic heterocycles. The van der Waals surface area contributed by atoms with Crippen molar-refractivity contribution in [1.29, 1.82) is 0 Å². The van der Waals surface area contributed by atoms with Crippen LogP contribution in [0.25, 0.3) is 0 Å². The van der Waals surface area contributed by atoms with Gasteiger partial charge in [-0.1, -0.05) is 13.8 Å². The Morgan fingerprint density at radius 2 is 2.00 bits per heavy atom. The van der Waals surface area contributed by atoms with Crippen molar-refractivity contribution >= 4 is 11.8 Å². The van der Waals surface area contributed by atoms with Crippen molar-refractivity contribution in [1.82, 2.24) is 4.90 Å². The Labute approximate surface area is 62.8 Å². The van der Waals surface area contributed by atoms with Gasteiger partial charge in [-0.2, -0.15) is 0 Å². The number of nitrogens with zero attached hydrogens (tertiary/aromatic N) is 1. The van der Waals surface area contributed by atoms with Crippen molar-refractivity contribution in [2.45, 2.75) is 20.3 Å². The summed E-state index contributed by atoms with van der Waals surface area (Å²) in [6, 6.07) is 0. The fourth-order valence-electron chi connectivity index (χ4n) is 0.813. The first-order valence-corrected chi connectivity index (χ1v) is 4.95. The average Bonchev–Trinajstić information content (AvgIpc) is 1.88. The van der Waals surface area contributed by atoms with Gasteiger partial charge in [0.2, 0.25) is 0 Å². The smallest absolute Gasteiger partial charge is 0.0441 e. The highest BCUT2D eigenvalue weighted by molar-refractivity contribution is 7.98. The molecule has 9 heavy (non-hydrogen) atoms. The van der Waals surface area contributed by atoms with Crippen LogP contribution in [0.5, 0.6) is 0 Å². The van der Waals surface area contributed by atoms with Crippen LogP contribution in [-0.4, -0.2) is 30.1 Å². The van der Waals surface area contributed by atoms with Crippen molar-refractivity contribution in [3.63, 3.8) is 0 Å². The van der Waals surface area contributed by atoms with Crippen LogP contribution in [-0.2, 0) is 0 Å². The second-order valence-corrected chi connectivity index (χ2v) is 2.96. The van der Waals surface area contributed by atoms with Gasteiger partial charge < -0.3 is 0 Å². The third kappa shape index (κ3) is 4.79. The molecule has 0 spiro atoms. The highest BCUT2D eigenvalue weighted by Gasteiger charge is 1.96. The second kappa shape index (κ2) is 6.43. The quantitative estimate of drug-likeness (QED) is 0.547. The van der Waals surface area contributed by atoms with E-state index in [-0.39, 0.29) is 0 Å². The third-order valence-corrected chi connectivity index (χ3v) is 1.92. The number of rotatable bonds is 5. The minimum atomic E-state index is 1.18. The van der Waals surface area contributed by atoms with E-state index in [1.54, 1.807) is 0 Å². The predicted molar refractivity (Wildman–Crippen MR) is 45.9 cm³/mol. The Morgan fingerprint density at radius 3 is 2.33 bits per heavy atom. The molecule has 1 nitrogen and oxygen atoms in total. The van der Waals surface area contributed by atoms with Gasteiger partial charge in [-0.05, 0) is 25.8 Å². The van der Waals surface area contributed by atoms with Gasteiger partial charge in [0.15, 0.2) is 0 Å². The molecule has 0 atom stereocenters. The van der Waals surface area contributed by atoms with Crippen molar-refractivity contribution < 1.29 is 0 Å². The molecule has 0 radical (unpaired) electrons. The Hall–Kier alpha value is 0.310. The summed E-state index contributed by atoms with van der Waals surface area (Å²) < 4.78 is 0. The third-order valence-electron chi connectivity index (χ3n) is 1.30. The largest absolute Gasteiger partial charge is 0.294 e. The first-order valence-electron chi connectivity index (χ1n) is 3.56. The topological polar surface area (TPSA) is 3.24 Å². The number of hydrogen-bond donors (Lipinski definition) is 0. The fourth-order valence-corrected chi connectivity index (χ4v) is 1.49. The number of hydrogen-bond acceptors (Lipinski definition) is 2. The van der Waals surface area contributed by atoms with Crippen LogP contribution >= 0.6 is 11.8 Å². The maximum Gasteiger partial charge on any atom is 0.0441 e. The first-order chi connectivity index (χ1) is 4.35. The zero-order valence-electron chi connectivity index (χ0n) is 6.68. The molecule has 0 aromatic rings. The molecular weight excluding hydrogens is 130 g/mol. The van der Waals surface area contributed by atoms with Crippen LogP contribution in [0.1, 0.15) is 20.3 Å². The fraction of sp³-hybridized carbons (Fsp3) is 1.00. The van der Waals surface area contributed by atoms with Gasteiger partial charge in [-0.15, -0.1) is 11.8 Å². The highest BCUT2D eigenvalue weighted by Crippen LogP contribution is 1.98. The zero-order chi connectivity index (χ0) is 7.11. The summed E-state index contributed by atoms with van der Waals surface area (Å²) in [6.07, 6.45) is 3.42. The van der Waals surface area contributed by atoms with Crippen LogP contribution in [0.15, 0.2) is 0 Å². The monoisotopic (exact) mass is 147 g/mol. The lowest BCUT2D eigenvalue weighted by Gasteiger charge is -2.17. The lowest BCUT2D eigenvalue weighted by molar-refractivity contribution is 0.340. The van der Waals surface area contributed by atoms with Gasteiger partial charge in [0.25, 0.3) is 0 Å². The Bertz CT molecular complexity index is 50.9. The van der Waals surface area contributed by atoms with Gasteiger partial charge in [0, 0.05) is 5.88 Å². The van der Waals surface area contributed by atoms with Crippen molar-refractivity contribution in [2.75, 3.05) is 25.2 Å². The molecule has 0 bridgehead atoms. The van der Waals surface area contributed by atoms with Gasteiger partial charge in [0.05, 0.1) is 0 Å². The molecule has 2 heteroatoms. The summed E-state index contributed by atoms with van der Waals surface area (Å²) in [5.74, 6) is 1.18. The van der Waals surface area contributed by atoms with E-state index in [0.717, 1.165) is 0 Å². The molecule has 0 fully saturated rings. The molecule has 0 aliphatic rings. The minimum Gasteiger partial charge on any atom is -0.294 e. The minimum absolute atomic E-state index is 1.18. The normalized spacial score (nSPS) is 10.7.